The van der Waals surface area contributed by atoms with Crippen LogP contribution in [0.1, 0.15) is 24.1 Å². The highest BCUT2D eigenvalue weighted by molar-refractivity contribution is 5.79. The van der Waals surface area contributed by atoms with Crippen molar-refractivity contribution in [3.8, 4) is 0 Å². The van der Waals surface area contributed by atoms with E-state index in [1.54, 1.807) is 7.05 Å². The Balaban J connectivity index is 1.66. The number of aliphatic imine (C=N–C) groups is 1. The molecule has 0 aromatic carbocycles. The molecule has 1 unspecified atom stereocenters. The lowest BCUT2D eigenvalue weighted by Gasteiger charge is -2.13. The minimum Gasteiger partial charge on any atom is -0.381 e. The number of alkyl halides is 3. The third-order valence-corrected chi connectivity index (χ3v) is 3.98. The fourth-order valence-electron chi connectivity index (χ4n) is 2.65. The molecule has 1 aromatic rings. The first kappa shape index (κ1) is 20.5. The number of aromatic nitrogens is 2. The number of aryl methyl sites for hydroxylation is 1. The van der Waals surface area contributed by atoms with Gasteiger partial charge in [0.1, 0.15) is 0 Å². The van der Waals surface area contributed by atoms with Gasteiger partial charge in [0.25, 0.3) is 0 Å². The number of halogens is 3. The van der Waals surface area contributed by atoms with Crippen LogP contribution in [0.2, 0.25) is 0 Å². The SMILES string of the molecule is CN=C(NCCCOCC1CCOC1)NCc1cn(C)nc1C(F)(F)F. The average molecular weight is 377 g/mol. The van der Waals surface area contributed by atoms with Crippen LogP contribution >= 0.6 is 0 Å². The molecule has 10 heteroatoms. The molecular formula is C16H26F3N5O2. The van der Waals surface area contributed by atoms with Crippen molar-refractivity contribution in [2.45, 2.75) is 25.6 Å². The van der Waals surface area contributed by atoms with Gasteiger partial charge < -0.3 is 20.1 Å². The Hall–Kier alpha value is -1.81. The zero-order chi connectivity index (χ0) is 19.0. The summed E-state index contributed by atoms with van der Waals surface area (Å²) in [5.41, 5.74) is -0.808. The van der Waals surface area contributed by atoms with Gasteiger partial charge in [0, 0.05) is 58.1 Å². The number of hydrogen-bond donors (Lipinski definition) is 2. The van der Waals surface area contributed by atoms with Gasteiger partial charge in [-0.1, -0.05) is 0 Å². The van der Waals surface area contributed by atoms with Crippen molar-refractivity contribution in [1.29, 1.82) is 0 Å². The van der Waals surface area contributed by atoms with Gasteiger partial charge in [-0.25, -0.2) is 0 Å². The molecule has 148 valence electrons. The summed E-state index contributed by atoms with van der Waals surface area (Å²) in [5, 5.41) is 9.41. The lowest BCUT2D eigenvalue weighted by atomic mass is 10.1. The van der Waals surface area contributed by atoms with E-state index in [1.165, 1.54) is 13.2 Å². The summed E-state index contributed by atoms with van der Waals surface area (Å²) >= 11 is 0. The molecule has 26 heavy (non-hydrogen) atoms. The van der Waals surface area contributed by atoms with Crippen LogP contribution in [0.4, 0.5) is 13.2 Å². The molecular weight excluding hydrogens is 351 g/mol. The summed E-state index contributed by atoms with van der Waals surface area (Å²) in [6, 6.07) is 0. The fourth-order valence-corrected chi connectivity index (χ4v) is 2.65. The lowest BCUT2D eigenvalue weighted by Crippen LogP contribution is -2.37. The molecule has 0 aliphatic carbocycles. The van der Waals surface area contributed by atoms with E-state index in [-0.39, 0.29) is 12.1 Å². The first-order valence-electron chi connectivity index (χ1n) is 8.60. The largest absolute Gasteiger partial charge is 0.435 e. The molecule has 1 atom stereocenters. The van der Waals surface area contributed by atoms with E-state index < -0.39 is 11.9 Å². The van der Waals surface area contributed by atoms with E-state index in [4.69, 9.17) is 9.47 Å². The highest BCUT2D eigenvalue weighted by atomic mass is 19.4. The van der Waals surface area contributed by atoms with E-state index in [1.807, 2.05) is 0 Å². The van der Waals surface area contributed by atoms with Crippen LogP contribution < -0.4 is 10.6 Å². The zero-order valence-electron chi connectivity index (χ0n) is 15.1. The van der Waals surface area contributed by atoms with Crippen molar-refractivity contribution in [2.75, 3.05) is 40.0 Å². The number of nitrogens with zero attached hydrogens (tertiary/aromatic N) is 3. The minimum atomic E-state index is -4.48. The smallest absolute Gasteiger partial charge is 0.381 e. The molecule has 1 saturated heterocycles. The highest BCUT2D eigenvalue weighted by Crippen LogP contribution is 2.30. The molecule has 1 aliphatic rings. The van der Waals surface area contributed by atoms with Crippen molar-refractivity contribution >= 4 is 5.96 Å². The van der Waals surface area contributed by atoms with Crippen LogP contribution in [-0.2, 0) is 29.2 Å². The van der Waals surface area contributed by atoms with Gasteiger partial charge in [0.2, 0.25) is 0 Å². The highest BCUT2D eigenvalue weighted by Gasteiger charge is 2.36. The second-order valence-electron chi connectivity index (χ2n) is 6.19. The van der Waals surface area contributed by atoms with Crippen molar-refractivity contribution in [1.82, 2.24) is 20.4 Å². The summed E-state index contributed by atoms with van der Waals surface area (Å²) in [4.78, 5) is 4.01. The third kappa shape index (κ3) is 6.49. The van der Waals surface area contributed by atoms with Crippen LogP contribution in [0.3, 0.4) is 0 Å². The maximum atomic E-state index is 12.9. The normalized spacial score (nSPS) is 18.3. The predicted octanol–water partition coefficient (Wildman–Crippen LogP) is 1.55. The average Bonchev–Trinajstić information content (AvgIpc) is 3.22. The maximum Gasteiger partial charge on any atom is 0.435 e. The van der Waals surface area contributed by atoms with E-state index in [0.29, 0.717) is 31.6 Å². The first-order valence-corrected chi connectivity index (χ1v) is 8.60. The number of nitrogens with one attached hydrogen (secondary N) is 2. The molecule has 0 bridgehead atoms. The van der Waals surface area contributed by atoms with Crippen LogP contribution in [0.15, 0.2) is 11.2 Å². The van der Waals surface area contributed by atoms with Gasteiger partial charge in [-0.3, -0.25) is 9.67 Å². The van der Waals surface area contributed by atoms with Gasteiger partial charge in [-0.2, -0.15) is 18.3 Å². The lowest BCUT2D eigenvalue weighted by molar-refractivity contribution is -0.142. The van der Waals surface area contributed by atoms with Gasteiger partial charge in [0.05, 0.1) is 13.2 Å². The molecule has 7 nitrogen and oxygen atoms in total. The van der Waals surface area contributed by atoms with Crippen LogP contribution in [0.25, 0.3) is 0 Å². The van der Waals surface area contributed by atoms with E-state index in [2.05, 4.69) is 20.7 Å². The molecule has 0 spiro atoms. The molecule has 1 aromatic heterocycles. The second-order valence-corrected chi connectivity index (χ2v) is 6.19. The zero-order valence-corrected chi connectivity index (χ0v) is 15.1. The fraction of sp³-hybridized carbons (Fsp3) is 0.750. The van der Waals surface area contributed by atoms with Crippen LogP contribution in [0.5, 0.6) is 0 Å². The Morgan fingerprint density at radius 3 is 2.92 bits per heavy atom. The van der Waals surface area contributed by atoms with Crippen LogP contribution in [0, 0.1) is 5.92 Å². The Morgan fingerprint density at radius 1 is 1.46 bits per heavy atom. The van der Waals surface area contributed by atoms with Gasteiger partial charge in [0.15, 0.2) is 11.7 Å². The van der Waals surface area contributed by atoms with E-state index in [9.17, 15) is 13.2 Å². The Bertz CT molecular complexity index is 583. The van der Waals surface area contributed by atoms with Crippen molar-refractivity contribution in [3.63, 3.8) is 0 Å². The first-order chi connectivity index (χ1) is 12.4. The van der Waals surface area contributed by atoms with E-state index in [0.717, 1.165) is 30.7 Å². The summed E-state index contributed by atoms with van der Waals surface area (Å²) < 4.78 is 50.8. The molecule has 1 aliphatic heterocycles. The van der Waals surface area contributed by atoms with Crippen molar-refractivity contribution in [3.05, 3.63) is 17.5 Å². The number of ether oxygens (including phenoxy) is 2. The standard InChI is InChI=1S/C16H26F3N5O2/c1-20-15(21-5-3-6-25-10-12-4-7-26-11-12)22-8-13-9-24(2)23-14(13)16(17,18)19/h9,12H,3-8,10-11H2,1-2H3,(H2,20,21,22). The monoisotopic (exact) mass is 377 g/mol. The molecule has 2 N–H and O–H groups in total. The Kier molecular flexibility index (Phi) is 7.70. The molecule has 2 heterocycles. The van der Waals surface area contributed by atoms with Crippen LogP contribution in [-0.4, -0.2) is 55.8 Å². The van der Waals surface area contributed by atoms with Gasteiger partial charge in [-0.05, 0) is 12.8 Å². The minimum absolute atomic E-state index is 0.0134. The van der Waals surface area contributed by atoms with Crippen molar-refractivity contribution < 1.29 is 22.6 Å². The quantitative estimate of drug-likeness (QED) is 0.409. The molecule has 0 amide bonds. The Labute approximate surface area is 150 Å². The summed E-state index contributed by atoms with van der Waals surface area (Å²) in [6.45, 7) is 3.49. The number of rotatable bonds is 8. The number of hydrogen-bond acceptors (Lipinski definition) is 4. The summed E-state index contributed by atoms with van der Waals surface area (Å²) in [6.07, 6.45) is -1.31. The molecule has 2 rings (SSSR count). The molecule has 0 radical (unpaired) electrons. The molecule has 0 saturated carbocycles. The van der Waals surface area contributed by atoms with E-state index >= 15 is 0 Å². The third-order valence-electron chi connectivity index (χ3n) is 3.98. The second kappa shape index (κ2) is 9.77. The van der Waals surface area contributed by atoms with Gasteiger partial charge >= 0.3 is 6.18 Å². The van der Waals surface area contributed by atoms with Crippen molar-refractivity contribution in [2.24, 2.45) is 18.0 Å². The summed E-state index contributed by atoms with van der Waals surface area (Å²) in [5.74, 6) is 0.922. The number of guanidine groups is 1. The summed E-state index contributed by atoms with van der Waals surface area (Å²) in [7, 11) is 3.03. The topological polar surface area (TPSA) is 72.7 Å². The predicted molar refractivity (Wildman–Crippen MR) is 90.8 cm³/mol. The Morgan fingerprint density at radius 2 is 2.27 bits per heavy atom. The molecule has 1 fully saturated rings. The maximum absolute atomic E-state index is 12.9. The van der Waals surface area contributed by atoms with Gasteiger partial charge in [-0.15, -0.1) is 0 Å².